The molecule has 1 aliphatic carbocycles. The maximum atomic E-state index is 10.9. The van der Waals surface area contributed by atoms with Crippen molar-refractivity contribution in [3.8, 4) is 0 Å². The first-order valence-electron chi connectivity index (χ1n) is 4.64. The quantitative estimate of drug-likeness (QED) is 0.630. The standard InChI is InChI=1S/C12H14O/c1-11(9-13)8-12(11,2)10-6-4-3-5-7-10/h3-7,9H,8H2,1-2H3. The highest BCUT2D eigenvalue weighted by Gasteiger charge is 2.61. The summed E-state index contributed by atoms with van der Waals surface area (Å²) in [6.45, 7) is 4.20. The molecule has 0 aliphatic heterocycles. The third-order valence-corrected chi connectivity index (χ3v) is 3.53. The van der Waals surface area contributed by atoms with Gasteiger partial charge in [-0.1, -0.05) is 44.2 Å². The normalized spacial score (nSPS) is 37.1. The number of aldehydes is 1. The maximum absolute atomic E-state index is 10.9. The van der Waals surface area contributed by atoms with E-state index in [-0.39, 0.29) is 10.8 Å². The molecule has 1 nitrogen and oxygen atoms in total. The maximum Gasteiger partial charge on any atom is 0.126 e. The van der Waals surface area contributed by atoms with E-state index < -0.39 is 0 Å². The fraction of sp³-hybridized carbons (Fsp3) is 0.417. The van der Waals surface area contributed by atoms with Gasteiger partial charge in [-0.15, -0.1) is 0 Å². The van der Waals surface area contributed by atoms with Crippen molar-refractivity contribution in [3.05, 3.63) is 35.9 Å². The molecule has 1 heteroatoms. The minimum atomic E-state index is -0.131. The Balaban J connectivity index is 2.35. The van der Waals surface area contributed by atoms with E-state index in [1.54, 1.807) is 0 Å². The summed E-state index contributed by atoms with van der Waals surface area (Å²) in [6.07, 6.45) is 2.08. The van der Waals surface area contributed by atoms with Gasteiger partial charge in [0.2, 0.25) is 0 Å². The van der Waals surface area contributed by atoms with Gasteiger partial charge in [0.05, 0.1) is 0 Å². The molecule has 1 aromatic rings. The van der Waals surface area contributed by atoms with Gasteiger partial charge in [-0.05, 0) is 12.0 Å². The summed E-state index contributed by atoms with van der Waals surface area (Å²) >= 11 is 0. The molecule has 0 bridgehead atoms. The molecule has 0 spiro atoms. The SMILES string of the molecule is CC1(C=O)CC1(C)c1ccccc1. The predicted molar refractivity (Wildman–Crippen MR) is 52.6 cm³/mol. The molecular weight excluding hydrogens is 160 g/mol. The zero-order valence-electron chi connectivity index (χ0n) is 8.08. The highest BCUT2D eigenvalue weighted by atomic mass is 16.1. The highest BCUT2D eigenvalue weighted by Crippen LogP contribution is 2.62. The lowest BCUT2D eigenvalue weighted by Gasteiger charge is -2.13. The Labute approximate surface area is 78.8 Å². The molecule has 2 unspecified atom stereocenters. The molecule has 0 N–H and O–H groups in total. The Kier molecular flexibility index (Phi) is 1.59. The van der Waals surface area contributed by atoms with E-state index in [2.05, 4.69) is 19.1 Å². The van der Waals surface area contributed by atoms with Gasteiger partial charge in [-0.2, -0.15) is 0 Å². The molecule has 0 amide bonds. The molecule has 2 atom stereocenters. The fourth-order valence-electron chi connectivity index (χ4n) is 2.10. The van der Waals surface area contributed by atoms with Gasteiger partial charge in [0.25, 0.3) is 0 Å². The minimum absolute atomic E-state index is 0.0794. The Bertz CT molecular complexity index is 330. The summed E-state index contributed by atoms with van der Waals surface area (Å²) in [4.78, 5) is 10.9. The summed E-state index contributed by atoms with van der Waals surface area (Å²) in [7, 11) is 0. The molecule has 1 aromatic carbocycles. The third-order valence-electron chi connectivity index (χ3n) is 3.53. The Morgan fingerprint density at radius 3 is 2.31 bits per heavy atom. The van der Waals surface area contributed by atoms with Crippen LogP contribution in [0.15, 0.2) is 30.3 Å². The first-order chi connectivity index (χ1) is 6.12. The first kappa shape index (κ1) is 8.49. The average molecular weight is 174 g/mol. The molecule has 0 radical (unpaired) electrons. The van der Waals surface area contributed by atoms with Crippen molar-refractivity contribution in [2.75, 3.05) is 0 Å². The van der Waals surface area contributed by atoms with E-state index in [4.69, 9.17) is 0 Å². The first-order valence-corrected chi connectivity index (χ1v) is 4.64. The van der Waals surface area contributed by atoms with Crippen LogP contribution in [0, 0.1) is 5.41 Å². The zero-order chi connectivity index (χ0) is 9.53. The lowest BCUT2D eigenvalue weighted by Crippen LogP contribution is -2.12. The van der Waals surface area contributed by atoms with Gasteiger partial charge in [0.1, 0.15) is 6.29 Å². The summed E-state index contributed by atoms with van der Waals surface area (Å²) in [5, 5.41) is 0. The largest absolute Gasteiger partial charge is 0.303 e. The lowest BCUT2D eigenvalue weighted by molar-refractivity contribution is -0.112. The third kappa shape index (κ3) is 1.03. The second-order valence-corrected chi connectivity index (χ2v) is 4.41. The van der Waals surface area contributed by atoms with Gasteiger partial charge in [0, 0.05) is 10.8 Å². The monoisotopic (exact) mass is 174 g/mol. The Hall–Kier alpha value is -1.11. The van der Waals surface area contributed by atoms with Crippen LogP contribution in [0.1, 0.15) is 25.8 Å². The predicted octanol–water partition coefficient (Wildman–Crippen LogP) is 2.55. The van der Waals surface area contributed by atoms with Crippen LogP contribution in [0.4, 0.5) is 0 Å². The highest BCUT2D eigenvalue weighted by molar-refractivity contribution is 5.69. The van der Waals surface area contributed by atoms with E-state index in [9.17, 15) is 4.79 Å². The molecular formula is C12H14O. The minimum Gasteiger partial charge on any atom is -0.303 e. The van der Waals surface area contributed by atoms with Gasteiger partial charge in [0.15, 0.2) is 0 Å². The van der Waals surface area contributed by atoms with Crippen molar-refractivity contribution >= 4 is 6.29 Å². The van der Waals surface area contributed by atoms with E-state index in [1.165, 1.54) is 5.56 Å². The summed E-state index contributed by atoms with van der Waals surface area (Å²) in [6, 6.07) is 10.3. The van der Waals surface area contributed by atoms with Crippen LogP contribution in [-0.4, -0.2) is 6.29 Å². The number of hydrogen-bond acceptors (Lipinski definition) is 1. The topological polar surface area (TPSA) is 17.1 Å². The van der Waals surface area contributed by atoms with Crippen LogP contribution < -0.4 is 0 Å². The summed E-state index contributed by atoms with van der Waals surface area (Å²) in [5.74, 6) is 0. The van der Waals surface area contributed by atoms with E-state index in [1.807, 2.05) is 25.1 Å². The zero-order valence-corrected chi connectivity index (χ0v) is 8.08. The lowest BCUT2D eigenvalue weighted by atomic mass is 9.90. The number of carbonyl (C=O) groups is 1. The van der Waals surface area contributed by atoms with Gasteiger partial charge < -0.3 is 4.79 Å². The second kappa shape index (κ2) is 2.44. The van der Waals surface area contributed by atoms with Crippen LogP contribution in [0.2, 0.25) is 0 Å². The van der Waals surface area contributed by atoms with E-state index in [0.717, 1.165) is 12.7 Å². The van der Waals surface area contributed by atoms with Crippen LogP contribution in [0.3, 0.4) is 0 Å². The smallest absolute Gasteiger partial charge is 0.126 e. The molecule has 1 aliphatic rings. The van der Waals surface area contributed by atoms with Crippen molar-refractivity contribution in [3.63, 3.8) is 0 Å². The molecule has 0 aromatic heterocycles. The molecule has 68 valence electrons. The second-order valence-electron chi connectivity index (χ2n) is 4.41. The Morgan fingerprint density at radius 1 is 1.23 bits per heavy atom. The van der Waals surface area contributed by atoms with E-state index in [0.29, 0.717) is 0 Å². The van der Waals surface area contributed by atoms with Crippen LogP contribution in [0.5, 0.6) is 0 Å². The molecule has 0 heterocycles. The van der Waals surface area contributed by atoms with Crippen molar-refractivity contribution in [2.24, 2.45) is 5.41 Å². The molecule has 13 heavy (non-hydrogen) atoms. The van der Waals surface area contributed by atoms with Gasteiger partial charge in [-0.3, -0.25) is 0 Å². The van der Waals surface area contributed by atoms with Gasteiger partial charge in [-0.25, -0.2) is 0 Å². The van der Waals surface area contributed by atoms with E-state index >= 15 is 0 Å². The molecule has 2 rings (SSSR count). The molecule has 1 fully saturated rings. The van der Waals surface area contributed by atoms with Crippen molar-refractivity contribution in [1.29, 1.82) is 0 Å². The Morgan fingerprint density at radius 2 is 1.85 bits per heavy atom. The number of carbonyl (C=O) groups excluding carboxylic acids is 1. The number of benzene rings is 1. The summed E-state index contributed by atoms with van der Waals surface area (Å²) < 4.78 is 0. The number of rotatable bonds is 2. The van der Waals surface area contributed by atoms with Crippen molar-refractivity contribution in [1.82, 2.24) is 0 Å². The molecule has 1 saturated carbocycles. The summed E-state index contributed by atoms with van der Waals surface area (Å²) in [5.41, 5.74) is 1.23. The number of hydrogen-bond donors (Lipinski definition) is 0. The van der Waals surface area contributed by atoms with Gasteiger partial charge >= 0.3 is 0 Å². The van der Waals surface area contributed by atoms with Crippen LogP contribution in [-0.2, 0) is 10.2 Å². The van der Waals surface area contributed by atoms with Crippen molar-refractivity contribution < 1.29 is 4.79 Å². The average Bonchev–Trinajstić information content (AvgIpc) is 2.74. The fourth-order valence-corrected chi connectivity index (χ4v) is 2.10. The van der Waals surface area contributed by atoms with Crippen LogP contribution >= 0.6 is 0 Å². The van der Waals surface area contributed by atoms with Crippen LogP contribution in [0.25, 0.3) is 0 Å². The molecule has 0 saturated heterocycles. The van der Waals surface area contributed by atoms with Crippen molar-refractivity contribution in [2.45, 2.75) is 25.7 Å².